The van der Waals surface area contributed by atoms with Gasteiger partial charge in [0.25, 0.3) is 5.91 Å². The van der Waals surface area contributed by atoms with Crippen LogP contribution in [0.5, 0.6) is 0 Å². The van der Waals surface area contributed by atoms with Crippen LogP contribution in [0.4, 0.5) is 0 Å². The van der Waals surface area contributed by atoms with Gasteiger partial charge in [-0.25, -0.2) is 8.42 Å². The van der Waals surface area contributed by atoms with Gasteiger partial charge in [0.05, 0.1) is 10.6 Å². The number of sulfone groups is 1. The van der Waals surface area contributed by atoms with E-state index in [0.717, 1.165) is 25.7 Å². The molecule has 164 valence electrons. The Hall–Kier alpha value is -2.67. The van der Waals surface area contributed by atoms with E-state index >= 15 is 0 Å². The third kappa shape index (κ3) is 4.66. The van der Waals surface area contributed by atoms with Crippen molar-refractivity contribution in [3.05, 3.63) is 66.2 Å². The molecule has 1 saturated heterocycles. The highest BCUT2D eigenvalue weighted by Gasteiger charge is 2.47. The summed E-state index contributed by atoms with van der Waals surface area (Å²) in [6.07, 6.45) is 4.76. The number of carbonyl (C=O) groups excluding carboxylic acids is 2. The minimum atomic E-state index is -3.47. The Morgan fingerprint density at radius 3 is 2.29 bits per heavy atom. The highest BCUT2D eigenvalue weighted by molar-refractivity contribution is 7.91. The van der Waals surface area contributed by atoms with Gasteiger partial charge in [0.15, 0.2) is 9.84 Å². The molecular weight excluding hydrogens is 412 g/mol. The van der Waals surface area contributed by atoms with Crippen LogP contribution in [-0.4, -0.2) is 49.5 Å². The molecule has 7 heteroatoms. The number of likely N-dealkylation sites (tertiary alicyclic amines) is 1. The van der Waals surface area contributed by atoms with Crippen LogP contribution < -0.4 is 5.32 Å². The monoisotopic (exact) mass is 440 g/mol. The Labute approximate surface area is 183 Å². The van der Waals surface area contributed by atoms with E-state index in [2.05, 4.69) is 5.32 Å². The molecule has 0 spiro atoms. The molecule has 3 unspecified atom stereocenters. The summed E-state index contributed by atoms with van der Waals surface area (Å²) in [5, 5.41) is 2.78. The predicted octanol–water partition coefficient (Wildman–Crippen LogP) is 3.05. The van der Waals surface area contributed by atoms with Gasteiger partial charge in [-0.1, -0.05) is 49.2 Å². The fraction of sp³-hybridized carbons (Fsp3) is 0.417. The molecule has 2 aromatic carbocycles. The highest BCUT2D eigenvalue weighted by atomic mass is 32.2. The Bertz CT molecular complexity index is 1020. The first-order valence-corrected chi connectivity index (χ1v) is 12.6. The minimum absolute atomic E-state index is 0.0231. The first kappa shape index (κ1) is 21.6. The Morgan fingerprint density at radius 2 is 1.58 bits per heavy atom. The zero-order valence-electron chi connectivity index (χ0n) is 17.4. The number of nitrogens with zero attached hydrogens (tertiary/aromatic N) is 1. The molecule has 1 heterocycles. The van der Waals surface area contributed by atoms with Crippen molar-refractivity contribution >= 4 is 21.7 Å². The second-order valence-corrected chi connectivity index (χ2v) is 10.5. The van der Waals surface area contributed by atoms with E-state index in [0.29, 0.717) is 17.9 Å². The van der Waals surface area contributed by atoms with Gasteiger partial charge in [-0.05, 0) is 49.4 Å². The van der Waals surface area contributed by atoms with Crippen molar-refractivity contribution in [2.24, 2.45) is 5.92 Å². The van der Waals surface area contributed by atoms with Crippen molar-refractivity contribution < 1.29 is 18.0 Å². The quantitative estimate of drug-likeness (QED) is 0.748. The van der Waals surface area contributed by atoms with E-state index in [4.69, 9.17) is 0 Å². The van der Waals surface area contributed by atoms with Crippen LogP contribution in [0, 0.1) is 5.92 Å². The molecule has 3 atom stereocenters. The Kier molecular flexibility index (Phi) is 6.41. The number of benzene rings is 2. The molecule has 2 aliphatic rings. The van der Waals surface area contributed by atoms with Crippen LogP contribution in [0.3, 0.4) is 0 Å². The van der Waals surface area contributed by atoms with Gasteiger partial charge < -0.3 is 10.2 Å². The van der Waals surface area contributed by atoms with Gasteiger partial charge in [-0.3, -0.25) is 9.59 Å². The second-order valence-electron chi connectivity index (χ2n) is 8.36. The summed E-state index contributed by atoms with van der Waals surface area (Å²) in [5.74, 6) is -0.228. The topological polar surface area (TPSA) is 83.6 Å². The smallest absolute Gasteiger partial charge is 0.254 e. The summed E-state index contributed by atoms with van der Waals surface area (Å²) in [7, 11) is -3.47. The molecule has 2 fully saturated rings. The van der Waals surface area contributed by atoms with Crippen molar-refractivity contribution in [2.75, 3.05) is 12.3 Å². The average Bonchev–Trinajstić information content (AvgIpc) is 3.19. The van der Waals surface area contributed by atoms with E-state index < -0.39 is 15.9 Å². The Morgan fingerprint density at radius 1 is 0.935 bits per heavy atom. The number of fused-ring (bicyclic) bond motifs is 1. The molecular formula is C24H28N2O4S. The summed E-state index contributed by atoms with van der Waals surface area (Å²) in [6.45, 7) is 0.0231. The lowest BCUT2D eigenvalue weighted by Gasteiger charge is -2.33. The summed E-state index contributed by atoms with van der Waals surface area (Å²) < 4.78 is 25.0. The zero-order chi connectivity index (χ0) is 21.8. The molecule has 1 aliphatic heterocycles. The number of hydrogen-bond donors (Lipinski definition) is 1. The van der Waals surface area contributed by atoms with Gasteiger partial charge in [0.2, 0.25) is 5.91 Å². The van der Waals surface area contributed by atoms with Crippen LogP contribution in [0.15, 0.2) is 65.6 Å². The van der Waals surface area contributed by atoms with Crippen molar-refractivity contribution in [1.82, 2.24) is 10.2 Å². The molecule has 1 saturated carbocycles. The van der Waals surface area contributed by atoms with Gasteiger partial charge in [0.1, 0.15) is 6.04 Å². The van der Waals surface area contributed by atoms with Gasteiger partial charge in [-0.15, -0.1) is 0 Å². The van der Waals surface area contributed by atoms with Crippen LogP contribution in [0.25, 0.3) is 0 Å². The van der Waals surface area contributed by atoms with E-state index in [9.17, 15) is 18.0 Å². The molecule has 0 radical (unpaired) electrons. The van der Waals surface area contributed by atoms with Crippen LogP contribution in [0.2, 0.25) is 0 Å². The van der Waals surface area contributed by atoms with E-state index in [1.807, 2.05) is 18.2 Å². The molecule has 1 aliphatic carbocycles. The maximum atomic E-state index is 13.3. The molecule has 2 aromatic rings. The largest absolute Gasteiger partial charge is 0.353 e. The second kappa shape index (κ2) is 9.22. The number of amides is 2. The summed E-state index contributed by atoms with van der Waals surface area (Å²) in [5.41, 5.74) is 0.582. The molecule has 0 bridgehead atoms. The van der Waals surface area contributed by atoms with Gasteiger partial charge in [-0.2, -0.15) is 0 Å². The standard InChI is InChI=1S/C24H28N2O4S/c27-23(25-15-16-31(29,30)20-12-5-2-6-13-20)22-17-19-11-7-8-14-21(19)26(22)24(28)18-9-3-1-4-10-18/h1-6,9-10,12-13,19,21-22H,7-8,11,14-17H2,(H,25,27). The summed E-state index contributed by atoms with van der Waals surface area (Å²) in [4.78, 5) is 28.4. The summed E-state index contributed by atoms with van der Waals surface area (Å²) in [6, 6.07) is 16.8. The van der Waals surface area contributed by atoms with Gasteiger partial charge >= 0.3 is 0 Å². The maximum Gasteiger partial charge on any atom is 0.254 e. The molecule has 4 rings (SSSR count). The lowest BCUT2D eigenvalue weighted by atomic mass is 9.84. The van der Waals surface area contributed by atoms with E-state index in [1.54, 1.807) is 47.4 Å². The van der Waals surface area contributed by atoms with Crippen LogP contribution in [-0.2, 0) is 14.6 Å². The van der Waals surface area contributed by atoms with Gasteiger partial charge in [0, 0.05) is 18.2 Å². The average molecular weight is 441 g/mol. The third-order valence-corrected chi connectivity index (χ3v) is 8.15. The van der Waals surface area contributed by atoms with E-state index in [-0.39, 0.29) is 35.0 Å². The van der Waals surface area contributed by atoms with Crippen LogP contribution in [0.1, 0.15) is 42.5 Å². The first-order chi connectivity index (χ1) is 15.0. The predicted molar refractivity (Wildman–Crippen MR) is 118 cm³/mol. The molecule has 1 N–H and O–H groups in total. The number of nitrogens with one attached hydrogen (secondary N) is 1. The van der Waals surface area contributed by atoms with Crippen molar-refractivity contribution in [1.29, 1.82) is 0 Å². The van der Waals surface area contributed by atoms with Crippen LogP contribution >= 0.6 is 0 Å². The van der Waals surface area contributed by atoms with E-state index in [1.165, 1.54) is 0 Å². The number of carbonyl (C=O) groups is 2. The molecule has 2 amide bonds. The normalized spacial score (nSPS) is 23.2. The fourth-order valence-corrected chi connectivity index (χ4v) is 6.07. The number of rotatable bonds is 6. The lowest BCUT2D eigenvalue weighted by Crippen LogP contribution is -2.50. The third-order valence-electron chi connectivity index (χ3n) is 6.42. The fourth-order valence-electron chi connectivity index (χ4n) is 4.89. The lowest BCUT2D eigenvalue weighted by molar-refractivity contribution is -0.125. The zero-order valence-corrected chi connectivity index (χ0v) is 18.3. The molecule has 0 aromatic heterocycles. The highest BCUT2D eigenvalue weighted by Crippen LogP contribution is 2.40. The minimum Gasteiger partial charge on any atom is -0.353 e. The first-order valence-electron chi connectivity index (χ1n) is 10.9. The SMILES string of the molecule is O=C(NCCS(=O)(=O)c1ccccc1)C1CC2CCCCC2N1C(=O)c1ccccc1. The van der Waals surface area contributed by atoms with Crippen molar-refractivity contribution in [3.8, 4) is 0 Å². The number of hydrogen-bond acceptors (Lipinski definition) is 4. The Balaban J connectivity index is 1.46. The molecule has 31 heavy (non-hydrogen) atoms. The van der Waals surface area contributed by atoms with Crippen molar-refractivity contribution in [3.63, 3.8) is 0 Å². The maximum absolute atomic E-state index is 13.3. The van der Waals surface area contributed by atoms with Crippen molar-refractivity contribution in [2.45, 2.75) is 49.1 Å². The summed E-state index contributed by atoms with van der Waals surface area (Å²) >= 11 is 0. The molecule has 6 nitrogen and oxygen atoms in total.